The molecule has 0 bridgehead atoms. The van der Waals surface area contributed by atoms with E-state index in [0.29, 0.717) is 5.75 Å². The molecular weight excluding hydrogens is 406 g/mol. The van der Waals surface area contributed by atoms with Gasteiger partial charge in [-0.3, -0.25) is 4.99 Å². The van der Waals surface area contributed by atoms with Crippen LogP contribution in [0.15, 0.2) is 88.3 Å². The summed E-state index contributed by atoms with van der Waals surface area (Å²) in [4.78, 5) is 16.2. The highest BCUT2D eigenvalue weighted by Gasteiger charge is 2.01. The van der Waals surface area contributed by atoms with E-state index in [1.165, 1.54) is 6.08 Å². The normalized spacial score (nSPS) is 11.1. The van der Waals surface area contributed by atoms with Gasteiger partial charge in [-0.05, 0) is 77.9 Å². The summed E-state index contributed by atoms with van der Waals surface area (Å²) in [6, 6.07) is 21.3. The van der Waals surface area contributed by atoms with Gasteiger partial charge in [0.05, 0.1) is 5.69 Å². The Morgan fingerprint density at radius 1 is 0.963 bits per heavy atom. The van der Waals surface area contributed by atoms with E-state index < -0.39 is 5.97 Å². The number of carbonyl (C=O) groups excluding carboxylic acids is 1. The van der Waals surface area contributed by atoms with Gasteiger partial charge in [-0.15, -0.1) is 0 Å². The molecule has 0 saturated carbocycles. The van der Waals surface area contributed by atoms with Crippen molar-refractivity contribution in [2.24, 2.45) is 4.99 Å². The molecule has 0 aliphatic rings. The minimum Gasteiger partial charge on any atom is -0.508 e. The summed E-state index contributed by atoms with van der Waals surface area (Å²) in [6.45, 7) is 0. The number of aromatic hydroxyl groups is 1. The molecule has 0 spiro atoms. The average molecular weight is 422 g/mol. The molecule has 1 N–H and O–H groups in total. The van der Waals surface area contributed by atoms with E-state index in [0.717, 1.165) is 21.3 Å². The molecule has 0 fully saturated rings. The van der Waals surface area contributed by atoms with Crippen LogP contribution >= 0.6 is 15.9 Å². The van der Waals surface area contributed by atoms with Gasteiger partial charge in [-0.2, -0.15) is 0 Å². The van der Waals surface area contributed by atoms with E-state index in [2.05, 4.69) is 20.9 Å². The highest BCUT2D eigenvalue weighted by Crippen LogP contribution is 2.17. The molecule has 3 aromatic rings. The molecule has 3 rings (SSSR count). The highest BCUT2D eigenvalue weighted by atomic mass is 79.9. The summed E-state index contributed by atoms with van der Waals surface area (Å²) in [7, 11) is 0. The van der Waals surface area contributed by atoms with Crippen LogP contribution < -0.4 is 4.74 Å². The van der Waals surface area contributed by atoms with Crippen molar-refractivity contribution in [3.05, 3.63) is 94.5 Å². The van der Waals surface area contributed by atoms with E-state index in [9.17, 15) is 9.90 Å². The number of aliphatic imine (C=N–C) groups is 1. The number of carbonyl (C=O) groups is 1. The predicted octanol–water partition coefficient (Wildman–Crippen LogP) is 5.52. The lowest BCUT2D eigenvalue weighted by Crippen LogP contribution is -2.03. The Hall–Kier alpha value is -3.18. The molecule has 3 aromatic carbocycles. The molecule has 0 aliphatic carbocycles. The van der Waals surface area contributed by atoms with Gasteiger partial charge in [0, 0.05) is 16.8 Å². The Balaban J connectivity index is 1.58. The molecule has 0 radical (unpaired) electrons. The minimum absolute atomic E-state index is 0.203. The molecular formula is C22H16BrNO3. The van der Waals surface area contributed by atoms with Crippen LogP contribution in [0.5, 0.6) is 11.5 Å². The Bertz CT molecular complexity index is 977. The van der Waals surface area contributed by atoms with Crippen molar-refractivity contribution in [1.29, 1.82) is 0 Å². The van der Waals surface area contributed by atoms with Crippen LogP contribution in [0.25, 0.3) is 6.08 Å². The molecule has 0 saturated heterocycles. The summed E-state index contributed by atoms with van der Waals surface area (Å²) < 4.78 is 6.23. The molecule has 0 amide bonds. The minimum atomic E-state index is -0.444. The van der Waals surface area contributed by atoms with Gasteiger partial charge in [0.25, 0.3) is 0 Å². The summed E-state index contributed by atoms with van der Waals surface area (Å²) in [5.41, 5.74) is 2.51. The Labute approximate surface area is 165 Å². The number of nitrogens with zero attached hydrogens (tertiary/aromatic N) is 1. The fourth-order valence-corrected chi connectivity index (χ4v) is 2.65. The molecule has 0 heterocycles. The maximum absolute atomic E-state index is 11.9. The fourth-order valence-electron chi connectivity index (χ4n) is 2.23. The molecule has 5 heteroatoms. The number of esters is 1. The zero-order chi connectivity index (χ0) is 19.1. The third-order valence-electron chi connectivity index (χ3n) is 3.57. The molecule has 0 unspecified atom stereocenters. The van der Waals surface area contributed by atoms with Crippen LogP contribution in [0, 0.1) is 0 Å². The Kier molecular flexibility index (Phi) is 6.18. The van der Waals surface area contributed by atoms with Crippen molar-refractivity contribution >= 4 is 39.9 Å². The summed E-state index contributed by atoms with van der Waals surface area (Å²) in [5.74, 6) is 0.218. The van der Waals surface area contributed by atoms with Crippen molar-refractivity contribution in [2.75, 3.05) is 0 Å². The van der Waals surface area contributed by atoms with Crippen molar-refractivity contribution in [2.45, 2.75) is 0 Å². The average Bonchev–Trinajstić information content (AvgIpc) is 2.67. The monoisotopic (exact) mass is 421 g/mol. The van der Waals surface area contributed by atoms with Crippen LogP contribution in [0.4, 0.5) is 5.69 Å². The number of hydrogen-bond acceptors (Lipinski definition) is 4. The van der Waals surface area contributed by atoms with E-state index in [1.54, 1.807) is 48.7 Å². The van der Waals surface area contributed by atoms with Gasteiger partial charge in [0.1, 0.15) is 11.5 Å². The zero-order valence-electron chi connectivity index (χ0n) is 14.2. The van der Waals surface area contributed by atoms with E-state index in [1.807, 2.05) is 36.4 Å². The smallest absolute Gasteiger partial charge is 0.336 e. The summed E-state index contributed by atoms with van der Waals surface area (Å²) in [5, 5.41) is 9.26. The first-order valence-electron chi connectivity index (χ1n) is 8.17. The molecule has 0 atom stereocenters. The number of rotatable bonds is 5. The number of phenolic OH excluding ortho intramolecular Hbond substituents is 1. The number of phenols is 1. The lowest BCUT2D eigenvalue weighted by atomic mass is 10.2. The summed E-state index contributed by atoms with van der Waals surface area (Å²) in [6.07, 6.45) is 4.79. The SMILES string of the molecule is O=C(C=Cc1cccc(Br)c1)Oc1ccc(C=Nc2ccc(O)cc2)cc1. The Morgan fingerprint density at radius 3 is 2.41 bits per heavy atom. The fraction of sp³-hybridized carbons (Fsp3) is 0. The number of halogens is 1. The maximum atomic E-state index is 11.9. The van der Waals surface area contributed by atoms with E-state index in [4.69, 9.17) is 4.74 Å². The lowest BCUT2D eigenvalue weighted by Gasteiger charge is -2.02. The van der Waals surface area contributed by atoms with E-state index >= 15 is 0 Å². The lowest BCUT2D eigenvalue weighted by molar-refractivity contribution is -0.128. The van der Waals surface area contributed by atoms with Gasteiger partial charge < -0.3 is 9.84 Å². The van der Waals surface area contributed by atoms with Crippen LogP contribution in [0.3, 0.4) is 0 Å². The highest BCUT2D eigenvalue weighted by molar-refractivity contribution is 9.10. The summed E-state index contributed by atoms with van der Waals surface area (Å²) >= 11 is 3.39. The van der Waals surface area contributed by atoms with Crippen LogP contribution in [0.1, 0.15) is 11.1 Å². The van der Waals surface area contributed by atoms with Crippen molar-refractivity contribution in [3.8, 4) is 11.5 Å². The second-order valence-corrected chi connectivity index (χ2v) is 6.57. The van der Waals surface area contributed by atoms with Gasteiger partial charge in [-0.25, -0.2) is 4.79 Å². The van der Waals surface area contributed by atoms with Gasteiger partial charge in [0.15, 0.2) is 0 Å². The first kappa shape index (κ1) is 18.6. The van der Waals surface area contributed by atoms with Crippen LogP contribution in [-0.2, 0) is 4.79 Å². The molecule has 0 aromatic heterocycles. The zero-order valence-corrected chi connectivity index (χ0v) is 15.8. The first-order chi connectivity index (χ1) is 13.1. The predicted molar refractivity (Wildman–Crippen MR) is 111 cm³/mol. The van der Waals surface area contributed by atoms with Gasteiger partial charge in [-0.1, -0.05) is 28.1 Å². The molecule has 0 aliphatic heterocycles. The van der Waals surface area contributed by atoms with E-state index in [-0.39, 0.29) is 5.75 Å². The van der Waals surface area contributed by atoms with Crippen molar-refractivity contribution in [1.82, 2.24) is 0 Å². The topological polar surface area (TPSA) is 58.9 Å². The van der Waals surface area contributed by atoms with Gasteiger partial charge in [0.2, 0.25) is 0 Å². The number of ether oxygens (including phenoxy) is 1. The number of hydrogen-bond donors (Lipinski definition) is 1. The van der Waals surface area contributed by atoms with Crippen LogP contribution in [0.2, 0.25) is 0 Å². The van der Waals surface area contributed by atoms with Crippen LogP contribution in [-0.4, -0.2) is 17.3 Å². The molecule has 134 valence electrons. The maximum Gasteiger partial charge on any atom is 0.336 e. The largest absolute Gasteiger partial charge is 0.508 e. The second-order valence-electron chi connectivity index (χ2n) is 5.65. The van der Waals surface area contributed by atoms with Crippen molar-refractivity contribution < 1.29 is 14.6 Å². The third kappa shape index (κ3) is 5.94. The third-order valence-corrected chi connectivity index (χ3v) is 4.06. The van der Waals surface area contributed by atoms with Gasteiger partial charge >= 0.3 is 5.97 Å². The standard InChI is InChI=1S/C22H16BrNO3/c23-18-3-1-2-16(14-18)6-13-22(26)27-21-11-4-17(5-12-21)15-24-19-7-9-20(25)10-8-19/h1-15,25H. The quantitative estimate of drug-likeness (QED) is 0.255. The first-order valence-corrected chi connectivity index (χ1v) is 8.96. The second kappa shape index (κ2) is 8.96. The molecule has 4 nitrogen and oxygen atoms in total. The Morgan fingerprint density at radius 2 is 1.70 bits per heavy atom. The molecule has 27 heavy (non-hydrogen) atoms. The number of benzene rings is 3. The van der Waals surface area contributed by atoms with Crippen molar-refractivity contribution in [3.63, 3.8) is 0 Å².